The highest BCUT2D eigenvalue weighted by molar-refractivity contribution is 6.31. The van der Waals surface area contributed by atoms with Crippen LogP contribution in [0.25, 0.3) is 11.0 Å². The molecule has 0 saturated heterocycles. The number of fused-ring (bicyclic) bond motifs is 1. The summed E-state index contributed by atoms with van der Waals surface area (Å²) < 4.78 is 15.7. The van der Waals surface area contributed by atoms with Gasteiger partial charge in [0.05, 0.1) is 21.9 Å². The molecule has 1 aromatic heterocycles. The van der Waals surface area contributed by atoms with Crippen molar-refractivity contribution < 1.29 is 4.39 Å². The summed E-state index contributed by atoms with van der Waals surface area (Å²) in [4.78, 5) is 4.43. The Kier molecular flexibility index (Phi) is 4.13. The molecule has 21 heavy (non-hydrogen) atoms. The second-order valence-electron chi connectivity index (χ2n) is 4.80. The van der Waals surface area contributed by atoms with Gasteiger partial charge in [0.1, 0.15) is 11.6 Å². The number of hydrogen-bond donors (Lipinski definition) is 0. The standard InChI is InChI=1S/C16H13Cl2FN2/c17-10-16-20-14-8-12(18)13(19)9-15(14)21(16)7-6-11-4-2-1-3-5-11/h1-5,8-9H,6-7,10H2. The van der Waals surface area contributed by atoms with Crippen LogP contribution in [0.5, 0.6) is 0 Å². The zero-order chi connectivity index (χ0) is 14.8. The molecule has 0 bridgehead atoms. The minimum atomic E-state index is -0.439. The van der Waals surface area contributed by atoms with Gasteiger partial charge >= 0.3 is 0 Å². The van der Waals surface area contributed by atoms with Crippen LogP contribution in [-0.2, 0) is 18.8 Å². The lowest BCUT2D eigenvalue weighted by atomic mass is 10.1. The third-order valence-corrected chi connectivity index (χ3v) is 3.98. The molecule has 0 atom stereocenters. The summed E-state index contributed by atoms with van der Waals surface area (Å²) in [6, 6.07) is 13.1. The molecule has 0 radical (unpaired) electrons. The van der Waals surface area contributed by atoms with E-state index in [0.29, 0.717) is 12.1 Å². The number of hydrogen-bond acceptors (Lipinski definition) is 1. The van der Waals surface area contributed by atoms with Gasteiger partial charge in [0.25, 0.3) is 0 Å². The summed E-state index contributed by atoms with van der Waals surface area (Å²) in [7, 11) is 0. The van der Waals surface area contributed by atoms with Gasteiger partial charge in [0.15, 0.2) is 0 Å². The first-order valence-electron chi connectivity index (χ1n) is 6.63. The summed E-state index contributed by atoms with van der Waals surface area (Å²) in [5, 5.41) is 0.0799. The second kappa shape index (κ2) is 6.04. The molecular weight excluding hydrogens is 310 g/mol. The summed E-state index contributed by atoms with van der Waals surface area (Å²) in [5.74, 6) is 0.568. The van der Waals surface area contributed by atoms with Crippen LogP contribution in [0.3, 0.4) is 0 Å². The largest absolute Gasteiger partial charge is 0.327 e. The van der Waals surface area contributed by atoms with Crippen molar-refractivity contribution in [3.05, 3.63) is 64.7 Å². The van der Waals surface area contributed by atoms with Crippen molar-refractivity contribution in [1.29, 1.82) is 0 Å². The molecule has 5 heteroatoms. The van der Waals surface area contributed by atoms with Gasteiger partial charge in [-0.3, -0.25) is 0 Å². The van der Waals surface area contributed by atoms with Crippen LogP contribution in [0.15, 0.2) is 42.5 Å². The lowest BCUT2D eigenvalue weighted by Crippen LogP contribution is -2.05. The fraction of sp³-hybridized carbons (Fsp3) is 0.188. The lowest BCUT2D eigenvalue weighted by Gasteiger charge is -2.08. The number of aryl methyl sites for hydroxylation is 2. The molecule has 108 valence electrons. The normalized spacial score (nSPS) is 11.2. The Bertz CT molecular complexity index is 769. The molecule has 0 unspecified atom stereocenters. The van der Waals surface area contributed by atoms with Crippen molar-refractivity contribution in [2.45, 2.75) is 18.8 Å². The topological polar surface area (TPSA) is 17.8 Å². The van der Waals surface area contributed by atoms with Crippen LogP contribution in [0.2, 0.25) is 5.02 Å². The van der Waals surface area contributed by atoms with Crippen molar-refractivity contribution in [2.75, 3.05) is 0 Å². The quantitative estimate of drug-likeness (QED) is 0.630. The van der Waals surface area contributed by atoms with Crippen molar-refractivity contribution in [1.82, 2.24) is 9.55 Å². The van der Waals surface area contributed by atoms with Crippen molar-refractivity contribution in [3.63, 3.8) is 0 Å². The van der Waals surface area contributed by atoms with Gasteiger partial charge in [0.2, 0.25) is 0 Å². The van der Waals surface area contributed by atoms with Crippen LogP contribution in [-0.4, -0.2) is 9.55 Å². The highest BCUT2D eigenvalue weighted by Gasteiger charge is 2.13. The molecule has 0 aliphatic carbocycles. The van der Waals surface area contributed by atoms with Crippen LogP contribution in [0, 0.1) is 5.82 Å². The van der Waals surface area contributed by atoms with Crippen molar-refractivity contribution in [3.8, 4) is 0 Å². The predicted octanol–water partition coefficient (Wildman–Crippen LogP) is 4.81. The number of nitrogens with zero attached hydrogens (tertiary/aromatic N) is 2. The Morgan fingerprint density at radius 3 is 2.62 bits per heavy atom. The number of imidazole rings is 1. The first-order valence-corrected chi connectivity index (χ1v) is 7.54. The highest BCUT2D eigenvalue weighted by atomic mass is 35.5. The first kappa shape index (κ1) is 14.4. The zero-order valence-corrected chi connectivity index (χ0v) is 12.7. The minimum absolute atomic E-state index is 0.0799. The third-order valence-electron chi connectivity index (χ3n) is 3.46. The van der Waals surface area contributed by atoms with Gasteiger partial charge in [-0.25, -0.2) is 9.37 Å². The zero-order valence-electron chi connectivity index (χ0n) is 11.2. The van der Waals surface area contributed by atoms with Crippen molar-refractivity contribution >= 4 is 34.2 Å². The Balaban J connectivity index is 1.98. The fourth-order valence-corrected chi connectivity index (χ4v) is 2.77. The average molecular weight is 323 g/mol. The van der Waals surface area contributed by atoms with E-state index in [0.717, 1.165) is 17.8 Å². The molecular formula is C16H13Cl2FN2. The number of halogens is 3. The summed E-state index contributed by atoms with van der Waals surface area (Å²) in [5.41, 5.74) is 2.61. The maximum atomic E-state index is 13.7. The maximum Gasteiger partial charge on any atom is 0.144 e. The molecule has 3 aromatic rings. The number of aromatic nitrogens is 2. The van der Waals surface area contributed by atoms with Gasteiger partial charge < -0.3 is 4.57 Å². The molecule has 0 amide bonds. The van der Waals surface area contributed by atoms with Gasteiger partial charge in [-0.15, -0.1) is 11.6 Å². The molecule has 2 aromatic carbocycles. The molecule has 0 N–H and O–H groups in total. The molecule has 2 nitrogen and oxygen atoms in total. The number of alkyl halides is 1. The van der Waals surface area contributed by atoms with E-state index in [2.05, 4.69) is 17.1 Å². The maximum absolute atomic E-state index is 13.7. The van der Waals surface area contributed by atoms with E-state index in [9.17, 15) is 4.39 Å². The monoisotopic (exact) mass is 322 g/mol. The average Bonchev–Trinajstić information content (AvgIpc) is 2.83. The first-order chi connectivity index (χ1) is 10.2. The van der Waals surface area contributed by atoms with Gasteiger partial charge in [0, 0.05) is 12.6 Å². The summed E-state index contributed by atoms with van der Waals surface area (Å²) >= 11 is 11.8. The summed E-state index contributed by atoms with van der Waals surface area (Å²) in [6.45, 7) is 0.698. The highest BCUT2D eigenvalue weighted by Crippen LogP contribution is 2.24. The Hall–Kier alpha value is -1.58. The van der Waals surface area contributed by atoms with Crippen molar-refractivity contribution in [2.24, 2.45) is 0 Å². The number of rotatable bonds is 4. The molecule has 0 aliphatic heterocycles. The van der Waals surface area contributed by atoms with Gasteiger partial charge in [-0.1, -0.05) is 41.9 Å². The Morgan fingerprint density at radius 1 is 1.14 bits per heavy atom. The van der Waals surface area contributed by atoms with Gasteiger partial charge in [-0.05, 0) is 18.1 Å². The minimum Gasteiger partial charge on any atom is -0.327 e. The number of benzene rings is 2. The summed E-state index contributed by atoms with van der Waals surface area (Å²) in [6.07, 6.45) is 0.834. The Morgan fingerprint density at radius 2 is 1.90 bits per heavy atom. The van der Waals surface area contributed by atoms with E-state index in [1.807, 2.05) is 22.8 Å². The van der Waals surface area contributed by atoms with E-state index < -0.39 is 5.82 Å². The molecule has 3 rings (SSSR count). The molecule has 0 aliphatic rings. The van der Waals surface area contributed by atoms with E-state index in [-0.39, 0.29) is 10.9 Å². The van der Waals surface area contributed by atoms with E-state index in [4.69, 9.17) is 23.2 Å². The van der Waals surface area contributed by atoms with Crippen LogP contribution in [0.1, 0.15) is 11.4 Å². The molecule has 0 fully saturated rings. The fourth-order valence-electron chi connectivity index (χ4n) is 2.41. The molecule has 0 spiro atoms. The van der Waals surface area contributed by atoms with Crippen LogP contribution in [0.4, 0.5) is 4.39 Å². The molecule has 1 heterocycles. The lowest BCUT2D eigenvalue weighted by molar-refractivity contribution is 0.627. The van der Waals surface area contributed by atoms with Crippen LogP contribution < -0.4 is 0 Å². The Labute approximate surface area is 132 Å². The van der Waals surface area contributed by atoms with E-state index >= 15 is 0 Å². The molecule has 0 saturated carbocycles. The third kappa shape index (κ3) is 2.89. The van der Waals surface area contributed by atoms with E-state index in [1.165, 1.54) is 11.6 Å². The van der Waals surface area contributed by atoms with Gasteiger partial charge in [-0.2, -0.15) is 0 Å². The van der Waals surface area contributed by atoms with Crippen LogP contribution >= 0.6 is 23.2 Å². The smallest absolute Gasteiger partial charge is 0.144 e. The predicted molar refractivity (Wildman–Crippen MR) is 84.4 cm³/mol. The SMILES string of the molecule is Fc1cc2c(cc1Cl)nc(CCl)n2CCc1ccccc1. The van der Waals surface area contributed by atoms with E-state index in [1.54, 1.807) is 6.07 Å². The second-order valence-corrected chi connectivity index (χ2v) is 5.48.